The fourth-order valence-corrected chi connectivity index (χ4v) is 4.42. The Labute approximate surface area is 202 Å². The molecule has 1 atom stereocenters. The quantitative estimate of drug-likeness (QED) is 0.338. The molecule has 3 aromatic carbocycles. The van der Waals surface area contributed by atoms with Crippen molar-refractivity contribution in [2.45, 2.75) is 17.5 Å². The van der Waals surface area contributed by atoms with Crippen LogP contribution in [0.15, 0.2) is 102 Å². The highest BCUT2D eigenvalue weighted by Gasteiger charge is 2.28. The molecular weight excluding hydrogens is 444 g/mol. The van der Waals surface area contributed by atoms with Gasteiger partial charge in [-0.05, 0) is 54.1 Å². The molecule has 4 aromatic rings. The fraction of sp³-hybridized carbons (Fsp3) is 0.179. The van der Waals surface area contributed by atoms with E-state index in [-0.39, 0.29) is 6.10 Å². The summed E-state index contributed by atoms with van der Waals surface area (Å²) in [5.41, 5.74) is 3.12. The number of nitrogens with zero attached hydrogens (tertiary/aromatic N) is 2. The van der Waals surface area contributed by atoms with Crippen molar-refractivity contribution in [1.29, 1.82) is 0 Å². The first-order valence-electron chi connectivity index (χ1n) is 11.2. The third kappa shape index (κ3) is 5.53. The van der Waals surface area contributed by atoms with E-state index in [1.807, 2.05) is 78.9 Å². The van der Waals surface area contributed by atoms with Crippen LogP contribution in [0.4, 0.5) is 0 Å². The summed E-state index contributed by atoms with van der Waals surface area (Å²) >= 11 is 0. The van der Waals surface area contributed by atoms with E-state index in [0.717, 1.165) is 53.0 Å². The number of rotatable bonds is 8. The molecule has 0 N–H and O–H groups in total. The van der Waals surface area contributed by atoms with Gasteiger partial charge >= 0.3 is 0 Å². The molecule has 0 saturated carbocycles. The zero-order valence-corrected chi connectivity index (χ0v) is 19.8. The number of aromatic nitrogens is 1. The lowest BCUT2D eigenvalue weighted by Gasteiger charge is -2.39. The Morgan fingerprint density at radius 1 is 0.853 bits per heavy atom. The van der Waals surface area contributed by atoms with E-state index in [9.17, 15) is 4.21 Å². The van der Waals surface area contributed by atoms with Gasteiger partial charge in [-0.15, -0.1) is 0 Å². The smallest absolute Gasteiger partial charge is 0.138 e. The summed E-state index contributed by atoms with van der Waals surface area (Å²) in [6, 6.07) is 29.6. The van der Waals surface area contributed by atoms with E-state index in [4.69, 9.17) is 9.47 Å². The minimum atomic E-state index is -0.974. The molecule has 5 rings (SSSR count). The average Bonchev–Trinajstić information content (AvgIpc) is 2.85. The number of hydrogen-bond donors (Lipinski definition) is 0. The molecule has 1 saturated heterocycles. The largest absolute Gasteiger partial charge is 0.486 e. The van der Waals surface area contributed by atoms with Crippen molar-refractivity contribution in [1.82, 2.24) is 9.88 Å². The Bertz CT molecular complexity index is 1240. The van der Waals surface area contributed by atoms with E-state index < -0.39 is 10.8 Å². The SMILES string of the molecule is CS(=O)c1ccc(-c2ccc(OC3CN(Cc4ccc(Oc5ccccc5)cc4)C3)cn2)cc1. The Balaban J connectivity index is 1.09. The van der Waals surface area contributed by atoms with Crippen molar-refractivity contribution in [3.8, 4) is 28.5 Å². The normalized spacial score (nSPS) is 14.9. The van der Waals surface area contributed by atoms with E-state index in [1.54, 1.807) is 12.5 Å². The van der Waals surface area contributed by atoms with Gasteiger partial charge in [0.1, 0.15) is 23.4 Å². The van der Waals surface area contributed by atoms with Crippen LogP contribution in [0.1, 0.15) is 5.56 Å². The topological polar surface area (TPSA) is 51.7 Å². The molecular formula is C28H26N2O3S. The Morgan fingerprint density at radius 3 is 2.18 bits per heavy atom. The zero-order chi connectivity index (χ0) is 23.3. The molecule has 0 bridgehead atoms. The second-order valence-corrected chi connectivity index (χ2v) is 9.73. The number of ether oxygens (including phenoxy) is 2. The monoisotopic (exact) mass is 470 g/mol. The summed E-state index contributed by atoms with van der Waals surface area (Å²) < 4.78 is 23.5. The van der Waals surface area contributed by atoms with Gasteiger partial charge in [0.2, 0.25) is 0 Å². The Hall–Kier alpha value is -3.48. The van der Waals surface area contributed by atoms with Crippen LogP contribution in [0.3, 0.4) is 0 Å². The van der Waals surface area contributed by atoms with E-state index >= 15 is 0 Å². The van der Waals surface area contributed by atoms with E-state index in [1.165, 1.54) is 5.56 Å². The lowest BCUT2D eigenvalue weighted by molar-refractivity contribution is 0.0144. The maximum absolute atomic E-state index is 11.5. The van der Waals surface area contributed by atoms with Gasteiger partial charge in [-0.1, -0.05) is 42.5 Å². The van der Waals surface area contributed by atoms with Crippen LogP contribution in [-0.2, 0) is 17.3 Å². The lowest BCUT2D eigenvalue weighted by Crippen LogP contribution is -2.53. The van der Waals surface area contributed by atoms with Crippen molar-refractivity contribution in [2.24, 2.45) is 0 Å². The van der Waals surface area contributed by atoms with Gasteiger partial charge in [-0.2, -0.15) is 0 Å². The summed E-state index contributed by atoms with van der Waals surface area (Å²) in [6.45, 7) is 2.67. The molecule has 0 spiro atoms. The van der Waals surface area contributed by atoms with Gasteiger partial charge in [-0.3, -0.25) is 14.1 Å². The second-order valence-electron chi connectivity index (χ2n) is 8.35. The summed E-state index contributed by atoms with van der Waals surface area (Å²) in [5.74, 6) is 2.46. The summed E-state index contributed by atoms with van der Waals surface area (Å²) in [6.07, 6.45) is 3.63. The predicted octanol–water partition coefficient (Wildman–Crippen LogP) is 5.54. The molecule has 1 aliphatic heterocycles. The highest BCUT2D eigenvalue weighted by molar-refractivity contribution is 7.84. The van der Waals surface area contributed by atoms with Gasteiger partial charge in [-0.25, -0.2) is 0 Å². The van der Waals surface area contributed by atoms with Gasteiger partial charge in [0, 0.05) is 47.1 Å². The minimum absolute atomic E-state index is 0.173. The third-order valence-corrected chi connectivity index (χ3v) is 6.69. The fourth-order valence-electron chi connectivity index (χ4n) is 3.90. The van der Waals surface area contributed by atoms with Gasteiger partial charge in [0.25, 0.3) is 0 Å². The molecule has 0 radical (unpaired) electrons. The van der Waals surface area contributed by atoms with E-state index in [2.05, 4.69) is 22.0 Å². The molecule has 1 aliphatic rings. The lowest BCUT2D eigenvalue weighted by atomic mass is 10.1. The third-order valence-electron chi connectivity index (χ3n) is 5.75. The molecule has 172 valence electrons. The summed E-state index contributed by atoms with van der Waals surface area (Å²) in [4.78, 5) is 7.71. The average molecular weight is 471 g/mol. The molecule has 34 heavy (non-hydrogen) atoms. The minimum Gasteiger partial charge on any atom is -0.486 e. The standard InChI is InChI=1S/C28H26N2O3S/c1-34(31)27-14-9-22(10-15-27)28-16-13-25(17-29-28)33-26-19-30(20-26)18-21-7-11-24(12-8-21)32-23-5-3-2-4-6-23/h2-17,26H,18-20H2,1H3. The first-order valence-corrected chi connectivity index (χ1v) is 12.8. The van der Waals surface area contributed by atoms with Crippen LogP contribution in [-0.4, -0.2) is 39.5 Å². The number of likely N-dealkylation sites (tertiary alicyclic amines) is 1. The van der Waals surface area contributed by atoms with Crippen molar-refractivity contribution in [3.05, 3.63) is 103 Å². The van der Waals surface area contributed by atoms with Crippen molar-refractivity contribution < 1.29 is 13.7 Å². The highest BCUT2D eigenvalue weighted by Crippen LogP contribution is 2.25. The maximum atomic E-state index is 11.5. The molecule has 0 aliphatic carbocycles. The number of pyridine rings is 1. The summed E-state index contributed by atoms with van der Waals surface area (Å²) in [7, 11) is -0.974. The molecule has 6 heteroatoms. The molecule has 2 heterocycles. The van der Waals surface area contributed by atoms with E-state index in [0.29, 0.717) is 0 Å². The van der Waals surface area contributed by atoms with Crippen LogP contribution < -0.4 is 9.47 Å². The first-order chi connectivity index (χ1) is 16.6. The Morgan fingerprint density at radius 2 is 1.53 bits per heavy atom. The van der Waals surface area contributed by atoms with Crippen LogP contribution in [0, 0.1) is 0 Å². The molecule has 1 unspecified atom stereocenters. The first kappa shape index (κ1) is 22.3. The van der Waals surface area contributed by atoms with Gasteiger partial charge in [0.15, 0.2) is 0 Å². The van der Waals surface area contributed by atoms with Crippen molar-refractivity contribution in [3.63, 3.8) is 0 Å². The van der Waals surface area contributed by atoms with Crippen LogP contribution >= 0.6 is 0 Å². The molecule has 0 amide bonds. The number of para-hydroxylation sites is 1. The Kier molecular flexibility index (Phi) is 6.70. The molecule has 1 aromatic heterocycles. The second kappa shape index (κ2) is 10.2. The van der Waals surface area contributed by atoms with Gasteiger partial charge < -0.3 is 9.47 Å². The van der Waals surface area contributed by atoms with Crippen LogP contribution in [0.2, 0.25) is 0 Å². The van der Waals surface area contributed by atoms with Crippen LogP contribution in [0.5, 0.6) is 17.2 Å². The zero-order valence-electron chi connectivity index (χ0n) is 19.0. The number of benzene rings is 3. The number of hydrogen-bond acceptors (Lipinski definition) is 5. The highest BCUT2D eigenvalue weighted by atomic mass is 32.2. The van der Waals surface area contributed by atoms with Crippen molar-refractivity contribution in [2.75, 3.05) is 19.3 Å². The predicted molar refractivity (Wildman–Crippen MR) is 135 cm³/mol. The summed E-state index contributed by atoms with van der Waals surface area (Å²) in [5, 5.41) is 0. The maximum Gasteiger partial charge on any atom is 0.138 e. The van der Waals surface area contributed by atoms with Gasteiger partial charge in [0.05, 0.1) is 11.9 Å². The molecule has 5 nitrogen and oxygen atoms in total. The van der Waals surface area contributed by atoms with Crippen molar-refractivity contribution >= 4 is 10.8 Å². The molecule has 1 fully saturated rings. The van der Waals surface area contributed by atoms with Crippen LogP contribution in [0.25, 0.3) is 11.3 Å².